The highest BCUT2D eigenvalue weighted by Crippen LogP contribution is 2.28. The van der Waals surface area contributed by atoms with E-state index in [9.17, 15) is 14.4 Å². The molecule has 3 amide bonds. The van der Waals surface area contributed by atoms with Crippen molar-refractivity contribution >= 4 is 17.9 Å². The van der Waals surface area contributed by atoms with Crippen LogP contribution >= 0.6 is 0 Å². The highest BCUT2D eigenvalue weighted by molar-refractivity contribution is 5.94. The van der Waals surface area contributed by atoms with Gasteiger partial charge >= 0.3 is 12.0 Å². The zero-order chi connectivity index (χ0) is 15.0. The molecule has 0 unspecified atom stereocenters. The fraction of sp³-hybridized carbons (Fsp3) is 0.769. The molecule has 0 bridgehead atoms. The van der Waals surface area contributed by atoms with Crippen LogP contribution in [0.5, 0.6) is 0 Å². The van der Waals surface area contributed by atoms with Crippen LogP contribution in [0.15, 0.2) is 0 Å². The van der Waals surface area contributed by atoms with E-state index in [1.807, 2.05) is 0 Å². The summed E-state index contributed by atoms with van der Waals surface area (Å²) in [6.45, 7) is 3.94. The topological polar surface area (TPSA) is 105 Å². The summed E-state index contributed by atoms with van der Waals surface area (Å²) in [5.74, 6) is -1.41. The van der Waals surface area contributed by atoms with Gasteiger partial charge in [0.15, 0.2) is 0 Å². The van der Waals surface area contributed by atoms with Crippen molar-refractivity contribution in [3.05, 3.63) is 0 Å². The lowest BCUT2D eigenvalue weighted by Gasteiger charge is -2.33. The number of carboxylic acid groups (broad SMARTS) is 1. The molecule has 20 heavy (non-hydrogen) atoms. The first kappa shape index (κ1) is 16.4. The van der Waals surface area contributed by atoms with Crippen LogP contribution in [0.3, 0.4) is 0 Å². The van der Waals surface area contributed by atoms with Crippen LogP contribution < -0.4 is 10.6 Å². The van der Waals surface area contributed by atoms with E-state index in [0.717, 1.165) is 12.8 Å². The smallest absolute Gasteiger partial charge is 0.321 e. The first-order valence-corrected chi connectivity index (χ1v) is 6.78. The molecule has 7 nitrogen and oxygen atoms in total. The molecular formula is C13H22N2O5. The summed E-state index contributed by atoms with van der Waals surface area (Å²) in [4.78, 5) is 33.2. The summed E-state index contributed by atoms with van der Waals surface area (Å²) < 4.78 is 5.27. The summed E-state index contributed by atoms with van der Waals surface area (Å²) >= 11 is 0. The quantitative estimate of drug-likeness (QED) is 0.672. The Morgan fingerprint density at radius 1 is 1.20 bits per heavy atom. The minimum atomic E-state index is -0.949. The second-order valence-electron chi connectivity index (χ2n) is 5.40. The molecule has 1 heterocycles. The second-order valence-corrected chi connectivity index (χ2v) is 5.40. The number of carbonyl (C=O) groups excluding carboxylic acids is 2. The molecule has 114 valence electrons. The molecule has 3 N–H and O–H groups in total. The van der Waals surface area contributed by atoms with E-state index in [2.05, 4.69) is 17.6 Å². The largest absolute Gasteiger partial charge is 0.481 e. The number of hydrogen-bond donors (Lipinski definition) is 3. The maximum absolute atomic E-state index is 11.5. The Labute approximate surface area is 118 Å². The summed E-state index contributed by atoms with van der Waals surface area (Å²) in [5, 5.41) is 13.3. The summed E-state index contributed by atoms with van der Waals surface area (Å²) in [7, 11) is 0. The number of carboxylic acids is 1. The van der Waals surface area contributed by atoms with E-state index in [4.69, 9.17) is 9.84 Å². The molecule has 7 heteroatoms. The molecule has 1 rings (SSSR count). The van der Waals surface area contributed by atoms with Gasteiger partial charge in [-0.3, -0.25) is 14.9 Å². The van der Waals surface area contributed by atoms with Gasteiger partial charge in [-0.1, -0.05) is 6.92 Å². The fourth-order valence-corrected chi connectivity index (χ4v) is 1.97. The Morgan fingerprint density at radius 2 is 1.85 bits per heavy atom. The van der Waals surface area contributed by atoms with Gasteiger partial charge in [0.25, 0.3) is 0 Å². The van der Waals surface area contributed by atoms with E-state index in [-0.39, 0.29) is 24.7 Å². The average molecular weight is 286 g/mol. The molecule has 0 atom stereocenters. The predicted molar refractivity (Wildman–Crippen MR) is 71.2 cm³/mol. The van der Waals surface area contributed by atoms with Gasteiger partial charge in [0.05, 0.1) is 0 Å². The van der Waals surface area contributed by atoms with Crippen LogP contribution in [0, 0.1) is 5.41 Å². The molecule has 0 aromatic rings. The van der Waals surface area contributed by atoms with Crippen LogP contribution in [0.2, 0.25) is 0 Å². The maximum Gasteiger partial charge on any atom is 0.321 e. The van der Waals surface area contributed by atoms with Crippen molar-refractivity contribution in [2.75, 3.05) is 19.8 Å². The Bertz CT molecular complexity index is 364. The lowest BCUT2D eigenvalue weighted by molar-refractivity contribution is -0.137. The van der Waals surface area contributed by atoms with Gasteiger partial charge in [0, 0.05) is 32.6 Å². The second kappa shape index (κ2) is 7.84. The Balaban J connectivity index is 2.19. The number of aliphatic carboxylic acids is 1. The first-order valence-electron chi connectivity index (χ1n) is 6.78. The fourth-order valence-electron chi connectivity index (χ4n) is 1.97. The van der Waals surface area contributed by atoms with Crippen LogP contribution in [-0.4, -0.2) is 42.8 Å². The van der Waals surface area contributed by atoms with Crippen molar-refractivity contribution in [1.29, 1.82) is 0 Å². The van der Waals surface area contributed by atoms with Crippen molar-refractivity contribution in [3.63, 3.8) is 0 Å². The van der Waals surface area contributed by atoms with E-state index >= 15 is 0 Å². The zero-order valence-electron chi connectivity index (χ0n) is 11.7. The Hall–Kier alpha value is -1.63. The van der Waals surface area contributed by atoms with Gasteiger partial charge in [0.2, 0.25) is 5.91 Å². The maximum atomic E-state index is 11.5. The monoisotopic (exact) mass is 286 g/mol. The molecular weight excluding hydrogens is 264 g/mol. The number of imide groups is 1. The molecule has 0 aromatic heterocycles. The van der Waals surface area contributed by atoms with Gasteiger partial charge in [-0.05, 0) is 24.7 Å². The van der Waals surface area contributed by atoms with Crippen molar-refractivity contribution in [2.24, 2.45) is 5.41 Å². The van der Waals surface area contributed by atoms with Gasteiger partial charge in [-0.25, -0.2) is 4.79 Å². The third kappa shape index (κ3) is 6.51. The lowest BCUT2D eigenvalue weighted by Crippen LogP contribution is -2.45. The van der Waals surface area contributed by atoms with Crippen molar-refractivity contribution in [2.45, 2.75) is 39.0 Å². The third-order valence-corrected chi connectivity index (χ3v) is 3.42. The minimum Gasteiger partial charge on any atom is -0.481 e. The number of carbonyl (C=O) groups is 3. The predicted octanol–water partition coefficient (Wildman–Crippen LogP) is 0.884. The molecule has 1 aliphatic rings. The van der Waals surface area contributed by atoms with E-state index in [0.29, 0.717) is 19.8 Å². The summed E-state index contributed by atoms with van der Waals surface area (Å²) in [6, 6.07) is -0.530. The van der Waals surface area contributed by atoms with Gasteiger partial charge in [-0.15, -0.1) is 0 Å². The Kier molecular flexibility index (Phi) is 6.44. The van der Waals surface area contributed by atoms with Crippen LogP contribution in [0.4, 0.5) is 4.79 Å². The van der Waals surface area contributed by atoms with Gasteiger partial charge in [0.1, 0.15) is 0 Å². The summed E-state index contributed by atoms with van der Waals surface area (Å²) in [5.41, 5.74) is 0.00193. The van der Waals surface area contributed by atoms with E-state index in [1.165, 1.54) is 0 Å². The van der Waals surface area contributed by atoms with Crippen molar-refractivity contribution in [3.8, 4) is 0 Å². The molecule has 1 aliphatic heterocycles. The standard InChI is InChI=1S/C13H22N2O5/c1-13(5-7-20-8-6-13)9-14-12(19)15-10(16)3-2-4-11(17)18/h2-9H2,1H3,(H,17,18)(H2,14,15,16,19). The molecule has 0 saturated carbocycles. The Morgan fingerprint density at radius 3 is 2.45 bits per heavy atom. The number of nitrogens with one attached hydrogen (secondary N) is 2. The number of amides is 3. The average Bonchev–Trinajstić information content (AvgIpc) is 2.37. The highest BCUT2D eigenvalue weighted by atomic mass is 16.5. The highest BCUT2D eigenvalue weighted by Gasteiger charge is 2.27. The number of urea groups is 1. The van der Waals surface area contributed by atoms with E-state index < -0.39 is 17.9 Å². The number of ether oxygens (including phenoxy) is 1. The summed E-state index contributed by atoms with van der Waals surface area (Å²) in [6.07, 6.45) is 1.93. The molecule has 0 spiro atoms. The molecule has 1 saturated heterocycles. The van der Waals surface area contributed by atoms with Crippen LogP contribution in [-0.2, 0) is 14.3 Å². The number of rotatable bonds is 6. The third-order valence-electron chi connectivity index (χ3n) is 3.42. The normalized spacial score (nSPS) is 17.2. The van der Waals surface area contributed by atoms with Gasteiger partial charge < -0.3 is 15.2 Å². The molecule has 0 aromatic carbocycles. The van der Waals surface area contributed by atoms with Crippen molar-refractivity contribution < 1.29 is 24.2 Å². The first-order chi connectivity index (χ1) is 9.41. The molecule has 0 aliphatic carbocycles. The van der Waals surface area contributed by atoms with Gasteiger partial charge in [-0.2, -0.15) is 0 Å². The van der Waals surface area contributed by atoms with E-state index in [1.54, 1.807) is 0 Å². The SMILES string of the molecule is CC1(CNC(=O)NC(=O)CCCC(=O)O)CCOCC1. The molecule has 0 radical (unpaired) electrons. The van der Waals surface area contributed by atoms with Crippen molar-refractivity contribution in [1.82, 2.24) is 10.6 Å². The van der Waals surface area contributed by atoms with Crippen LogP contribution in [0.1, 0.15) is 39.0 Å². The van der Waals surface area contributed by atoms with Crippen LogP contribution in [0.25, 0.3) is 0 Å². The lowest BCUT2D eigenvalue weighted by atomic mass is 9.82. The molecule has 1 fully saturated rings. The number of hydrogen-bond acceptors (Lipinski definition) is 4. The minimum absolute atomic E-state index is 0.00193. The zero-order valence-corrected chi connectivity index (χ0v) is 11.7.